The number of nitrogens with one attached hydrogen (secondary N) is 3. The van der Waals surface area contributed by atoms with Crippen molar-refractivity contribution in [3.63, 3.8) is 0 Å². The van der Waals surface area contributed by atoms with Crippen molar-refractivity contribution in [1.29, 1.82) is 0 Å². The molecule has 2 aliphatic heterocycles. The zero-order chi connectivity index (χ0) is 31.9. The van der Waals surface area contributed by atoms with Crippen molar-refractivity contribution in [2.75, 3.05) is 13.7 Å². The first-order chi connectivity index (χ1) is 21.0. The number of amides is 3. The first-order valence-corrected chi connectivity index (χ1v) is 14.2. The summed E-state index contributed by atoms with van der Waals surface area (Å²) in [5.41, 5.74) is 0.744. The highest BCUT2D eigenvalue weighted by atomic mass is 16.6. The maximum absolute atomic E-state index is 13.9. The lowest BCUT2D eigenvalue weighted by Crippen LogP contribution is -2.52. The van der Waals surface area contributed by atoms with Gasteiger partial charge in [-0.05, 0) is 68.7 Å². The molecule has 0 spiro atoms. The van der Waals surface area contributed by atoms with Crippen LogP contribution in [0.2, 0.25) is 0 Å². The lowest BCUT2D eigenvalue weighted by Gasteiger charge is -2.27. The standard InChI is InChI=1S/C33H37N3O8/c1-6-42-31(39)28-22-14-17-25(41-5)26(19-22)43-23-15-12-20(13-16-23)18-24(34-32(40)44-33(2,3)4)29(37)35-27(30(38)36-28)21-10-8-7-9-11-21/h7-17,19,24,27-28H,6,18H2,1-5H3,(H,34,40)(H,35,37)(H,36,38)/t24-,27+,28+/m0/s1. The lowest BCUT2D eigenvalue weighted by molar-refractivity contribution is -0.148. The number of carbonyl (C=O) groups is 4. The molecule has 11 heteroatoms. The van der Waals surface area contributed by atoms with Gasteiger partial charge in [0.05, 0.1) is 13.7 Å². The van der Waals surface area contributed by atoms with E-state index in [1.807, 2.05) is 0 Å². The van der Waals surface area contributed by atoms with Crippen LogP contribution < -0.4 is 25.4 Å². The minimum atomic E-state index is -1.25. The Balaban J connectivity index is 1.81. The van der Waals surface area contributed by atoms with Gasteiger partial charge in [-0.15, -0.1) is 0 Å². The van der Waals surface area contributed by atoms with E-state index < -0.39 is 47.6 Å². The molecule has 0 saturated heterocycles. The Hall–Kier alpha value is -5.06. The Morgan fingerprint density at radius 2 is 1.64 bits per heavy atom. The molecule has 3 aromatic carbocycles. The van der Waals surface area contributed by atoms with Gasteiger partial charge in [-0.2, -0.15) is 0 Å². The third-order valence-electron chi connectivity index (χ3n) is 6.61. The molecule has 2 aliphatic rings. The lowest BCUT2D eigenvalue weighted by atomic mass is 10.0. The van der Waals surface area contributed by atoms with E-state index in [9.17, 15) is 19.2 Å². The van der Waals surface area contributed by atoms with Gasteiger partial charge in [0.15, 0.2) is 17.5 Å². The maximum Gasteiger partial charge on any atom is 0.408 e. The third kappa shape index (κ3) is 8.27. The molecule has 0 unspecified atom stereocenters. The number of ether oxygens (including phenoxy) is 4. The molecule has 11 nitrogen and oxygen atoms in total. The van der Waals surface area contributed by atoms with Crippen molar-refractivity contribution in [3.05, 3.63) is 89.5 Å². The average molecular weight is 604 g/mol. The van der Waals surface area contributed by atoms with Crippen LogP contribution in [0.25, 0.3) is 0 Å². The number of hydrogen-bond donors (Lipinski definition) is 3. The van der Waals surface area contributed by atoms with Crippen molar-refractivity contribution in [3.8, 4) is 17.2 Å². The van der Waals surface area contributed by atoms with E-state index >= 15 is 0 Å². The number of methoxy groups -OCH3 is 1. The van der Waals surface area contributed by atoms with Gasteiger partial charge >= 0.3 is 12.1 Å². The highest BCUT2D eigenvalue weighted by Crippen LogP contribution is 2.35. The van der Waals surface area contributed by atoms with Crippen molar-refractivity contribution in [2.45, 2.75) is 57.8 Å². The molecule has 3 atom stereocenters. The van der Waals surface area contributed by atoms with Crippen LogP contribution in [0.4, 0.5) is 4.79 Å². The zero-order valence-corrected chi connectivity index (χ0v) is 25.3. The molecule has 3 aromatic rings. The van der Waals surface area contributed by atoms with Crippen molar-refractivity contribution < 1.29 is 38.1 Å². The van der Waals surface area contributed by atoms with E-state index in [0.29, 0.717) is 33.9 Å². The molecule has 3 N–H and O–H groups in total. The maximum atomic E-state index is 13.9. The Labute approximate surface area is 256 Å². The number of fused-ring (bicyclic) bond motifs is 9. The smallest absolute Gasteiger partial charge is 0.408 e. The highest BCUT2D eigenvalue weighted by Gasteiger charge is 2.33. The number of esters is 1. The second kappa shape index (κ2) is 13.9. The molecule has 0 aliphatic carbocycles. The molecule has 0 radical (unpaired) electrons. The summed E-state index contributed by atoms with van der Waals surface area (Å²) >= 11 is 0. The van der Waals surface area contributed by atoms with Gasteiger partial charge in [-0.1, -0.05) is 48.5 Å². The number of alkyl carbamates (subject to hydrolysis) is 1. The van der Waals surface area contributed by atoms with Gasteiger partial charge < -0.3 is 34.9 Å². The van der Waals surface area contributed by atoms with Crippen LogP contribution in [0.3, 0.4) is 0 Å². The van der Waals surface area contributed by atoms with Crippen LogP contribution in [0.15, 0.2) is 72.8 Å². The predicted molar refractivity (Wildman–Crippen MR) is 161 cm³/mol. The summed E-state index contributed by atoms with van der Waals surface area (Å²) in [6.07, 6.45) is -0.709. The monoisotopic (exact) mass is 603 g/mol. The Morgan fingerprint density at radius 3 is 2.27 bits per heavy atom. The quantitative estimate of drug-likeness (QED) is 0.362. The summed E-state index contributed by atoms with van der Waals surface area (Å²) in [6, 6.07) is 16.8. The van der Waals surface area contributed by atoms with E-state index in [1.54, 1.807) is 100 Å². The van der Waals surface area contributed by atoms with Crippen LogP contribution in [0.5, 0.6) is 17.2 Å². The van der Waals surface area contributed by atoms with Crippen LogP contribution in [-0.2, 0) is 30.3 Å². The number of benzene rings is 3. The fraction of sp³-hybridized carbons (Fsp3) is 0.333. The molecule has 5 rings (SSSR count). The molecule has 2 heterocycles. The SMILES string of the molecule is CCOC(=O)[C@@H]1NC(=O)[C@@H](c2ccccc2)NC(=O)[C@@H](NC(=O)OC(C)(C)C)Cc2ccc(cc2)Oc2cc1ccc2OC. The third-order valence-corrected chi connectivity index (χ3v) is 6.61. The summed E-state index contributed by atoms with van der Waals surface area (Å²) in [5.74, 6) is -0.836. The van der Waals surface area contributed by atoms with Crippen molar-refractivity contribution >= 4 is 23.9 Å². The molecule has 3 amide bonds. The number of rotatable bonds is 5. The van der Waals surface area contributed by atoms with Crippen LogP contribution in [0.1, 0.15) is 56.5 Å². The topological polar surface area (TPSA) is 141 Å². The minimum Gasteiger partial charge on any atom is -0.493 e. The van der Waals surface area contributed by atoms with Gasteiger partial charge in [-0.3, -0.25) is 9.59 Å². The first kappa shape index (κ1) is 31.9. The van der Waals surface area contributed by atoms with Crippen molar-refractivity contribution in [1.82, 2.24) is 16.0 Å². The molecule has 0 aromatic heterocycles. The Bertz CT molecular complexity index is 1490. The first-order valence-electron chi connectivity index (χ1n) is 14.2. The molecule has 232 valence electrons. The van der Waals surface area contributed by atoms with E-state index in [0.717, 1.165) is 0 Å². The zero-order valence-electron chi connectivity index (χ0n) is 25.3. The van der Waals surface area contributed by atoms with E-state index in [-0.39, 0.29) is 13.0 Å². The van der Waals surface area contributed by atoms with Crippen LogP contribution in [0, 0.1) is 0 Å². The summed E-state index contributed by atoms with van der Waals surface area (Å²) < 4.78 is 22.3. The predicted octanol–water partition coefficient (Wildman–Crippen LogP) is 4.51. The summed E-state index contributed by atoms with van der Waals surface area (Å²) in [4.78, 5) is 53.6. The molecule has 44 heavy (non-hydrogen) atoms. The normalized spacial score (nSPS) is 18.7. The van der Waals surface area contributed by atoms with E-state index in [1.165, 1.54) is 7.11 Å². The summed E-state index contributed by atoms with van der Waals surface area (Å²) in [7, 11) is 1.49. The summed E-state index contributed by atoms with van der Waals surface area (Å²) in [6.45, 7) is 6.87. The molecule has 4 bridgehead atoms. The fourth-order valence-corrected chi connectivity index (χ4v) is 4.59. The van der Waals surface area contributed by atoms with Gasteiger partial charge in [0.2, 0.25) is 11.8 Å². The van der Waals surface area contributed by atoms with Crippen molar-refractivity contribution in [2.24, 2.45) is 0 Å². The number of hydrogen-bond acceptors (Lipinski definition) is 8. The largest absolute Gasteiger partial charge is 0.493 e. The van der Waals surface area contributed by atoms with Gasteiger partial charge in [0.1, 0.15) is 23.4 Å². The van der Waals surface area contributed by atoms with Gasteiger partial charge in [-0.25, -0.2) is 9.59 Å². The highest BCUT2D eigenvalue weighted by molar-refractivity contribution is 5.94. The Kier molecular flexibility index (Phi) is 10.1. The van der Waals surface area contributed by atoms with E-state index in [2.05, 4.69) is 16.0 Å². The molecule has 0 fully saturated rings. The van der Waals surface area contributed by atoms with Gasteiger partial charge in [0, 0.05) is 6.42 Å². The molecule has 0 saturated carbocycles. The van der Waals surface area contributed by atoms with Gasteiger partial charge in [0.25, 0.3) is 0 Å². The number of carbonyl (C=O) groups excluding carboxylic acids is 4. The Morgan fingerprint density at radius 1 is 0.932 bits per heavy atom. The average Bonchev–Trinajstić information content (AvgIpc) is 2.98. The second-order valence-electron chi connectivity index (χ2n) is 11.1. The second-order valence-corrected chi connectivity index (χ2v) is 11.1. The summed E-state index contributed by atoms with van der Waals surface area (Å²) in [5, 5.41) is 8.15. The van der Waals surface area contributed by atoms with E-state index in [4.69, 9.17) is 18.9 Å². The molecular formula is C33H37N3O8. The molecular weight excluding hydrogens is 566 g/mol. The minimum absolute atomic E-state index is 0.0773. The fourth-order valence-electron chi connectivity index (χ4n) is 4.59. The van der Waals surface area contributed by atoms with Crippen LogP contribution in [-0.4, -0.2) is 49.2 Å². The van der Waals surface area contributed by atoms with Crippen LogP contribution >= 0.6 is 0 Å².